The molecule has 4 nitrogen and oxygen atoms in total. The smallest absolute Gasteiger partial charge is 0.337 e. The van der Waals surface area contributed by atoms with Gasteiger partial charge in [0.25, 0.3) is 0 Å². The molecule has 3 aromatic carbocycles. The summed E-state index contributed by atoms with van der Waals surface area (Å²) in [6.07, 6.45) is -4.70. The summed E-state index contributed by atoms with van der Waals surface area (Å²) in [5.41, 5.74) is -1.54. The third-order valence-electron chi connectivity index (χ3n) is 7.21. The van der Waals surface area contributed by atoms with Gasteiger partial charge in [0.2, 0.25) is 0 Å². The fraction of sp³-hybridized carbons (Fsp3) is 0.367. The Morgan fingerprint density at radius 2 is 1.38 bits per heavy atom. The van der Waals surface area contributed by atoms with E-state index >= 15 is 0 Å². The number of urea groups is 1. The predicted molar refractivity (Wildman–Crippen MR) is 153 cm³/mol. The molecular formula is C30H29Cl2F6N3O. The summed E-state index contributed by atoms with van der Waals surface area (Å²) in [6.45, 7) is 0.903. The fourth-order valence-corrected chi connectivity index (χ4v) is 5.59. The van der Waals surface area contributed by atoms with Gasteiger partial charge >= 0.3 is 18.4 Å². The summed E-state index contributed by atoms with van der Waals surface area (Å²) in [5, 5.41) is 9.75. The van der Waals surface area contributed by atoms with E-state index in [0.717, 1.165) is 18.4 Å². The van der Waals surface area contributed by atoms with Crippen LogP contribution in [0.25, 0.3) is 11.1 Å². The quantitative estimate of drug-likeness (QED) is 0.206. The van der Waals surface area contributed by atoms with Gasteiger partial charge in [0, 0.05) is 34.2 Å². The van der Waals surface area contributed by atoms with Crippen LogP contribution < -0.4 is 16.0 Å². The number of rotatable bonds is 9. The van der Waals surface area contributed by atoms with Gasteiger partial charge in [-0.15, -0.1) is 0 Å². The molecule has 1 atom stereocenters. The lowest BCUT2D eigenvalue weighted by molar-refractivity contribution is -0.143. The molecule has 0 bridgehead atoms. The molecule has 0 radical (unpaired) electrons. The van der Waals surface area contributed by atoms with Crippen molar-refractivity contribution in [3.05, 3.63) is 87.4 Å². The normalized spacial score (nSPS) is 15.0. The van der Waals surface area contributed by atoms with E-state index in [1.54, 1.807) is 24.3 Å². The van der Waals surface area contributed by atoms with Crippen LogP contribution in [0, 0.1) is 0 Å². The highest BCUT2D eigenvalue weighted by Crippen LogP contribution is 2.39. The Hall–Kier alpha value is -2.95. The first kappa shape index (κ1) is 32.0. The van der Waals surface area contributed by atoms with Crippen molar-refractivity contribution in [1.29, 1.82) is 0 Å². The molecule has 3 N–H and O–H groups in total. The van der Waals surface area contributed by atoms with Gasteiger partial charge in [-0.25, -0.2) is 4.79 Å². The molecule has 0 heterocycles. The summed E-state index contributed by atoms with van der Waals surface area (Å²) < 4.78 is 80.1. The van der Waals surface area contributed by atoms with Crippen LogP contribution in [-0.4, -0.2) is 25.2 Å². The van der Waals surface area contributed by atoms with Gasteiger partial charge in [0.1, 0.15) is 0 Å². The summed E-state index contributed by atoms with van der Waals surface area (Å²) in [4.78, 5) is 12.6. The van der Waals surface area contributed by atoms with Crippen molar-refractivity contribution in [2.45, 2.75) is 56.4 Å². The van der Waals surface area contributed by atoms with Crippen LogP contribution in [0.5, 0.6) is 0 Å². The first-order valence-corrected chi connectivity index (χ1v) is 14.2. The summed E-state index contributed by atoms with van der Waals surface area (Å²) >= 11 is 12.0. The topological polar surface area (TPSA) is 53.2 Å². The van der Waals surface area contributed by atoms with E-state index in [2.05, 4.69) is 16.0 Å². The maximum atomic E-state index is 13.4. The van der Waals surface area contributed by atoms with Crippen LogP contribution in [0.15, 0.2) is 60.7 Å². The molecule has 0 aromatic heterocycles. The molecule has 1 saturated carbocycles. The minimum atomic E-state index is -4.93. The van der Waals surface area contributed by atoms with E-state index < -0.39 is 29.5 Å². The van der Waals surface area contributed by atoms with Gasteiger partial charge in [-0.3, -0.25) is 0 Å². The van der Waals surface area contributed by atoms with E-state index in [1.165, 1.54) is 31.0 Å². The first-order valence-electron chi connectivity index (χ1n) is 13.4. The SMILES string of the molecule is O=C(NCC(CCNC1CCCC1)c1ccc(-c2cc(C(F)(F)F)cc(C(F)(F)F)c2)cc1)Nc1cc(Cl)cc(Cl)c1. The molecule has 0 aliphatic heterocycles. The summed E-state index contributed by atoms with van der Waals surface area (Å²) in [6, 6.07) is 12.4. The Morgan fingerprint density at radius 3 is 1.93 bits per heavy atom. The zero-order valence-corrected chi connectivity index (χ0v) is 23.8. The zero-order valence-electron chi connectivity index (χ0n) is 22.3. The highest BCUT2D eigenvalue weighted by Gasteiger charge is 2.37. The Bertz CT molecular complexity index is 1320. The number of carbonyl (C=O) groups excluding carboxylic acids is 1. The van der Waals surface area contributed by atoms with Gasteiger partial charge in [-0.05, 0) is 78.9 Å². The monoisotopic (exact) mass is 631 g/mol. The molecule has 1 aliphatic rings. The second-order valence-electron chi connectivity index (χ2n) is 10.3. The number of halogens is 8. The van der Waals surface area contributed by atoms with Gasteiger partial charge in [0.05, 0.1) is 11.1 Å². The molecule has 1 fully saturated rings. The first-order chi connectivity index (χ1) is 19.8. The third-order valence-corrected chi connectivity index (χ3v) is 7.65. The highest BCUT2D eigenvalue weighted by atomic mass is 35.5. The largest absolute Gasteiger partial charge is 0.416 e. The van der Waals surface area contributed by atoms with Gasteiger partial charge in [0.15, 0.2) is 0 Å². The Kier molecular flexibility index (Phi) is 10.3. The maximum absolute atomic E-state index is 13.4. The van der Waals surface area contributed by atoms with Crippen molar-refractivity contribution < 1.29 is 31.1 Å². The lowest BCUT2D eigenvalue weighted by Crippen LogP contribution is -2.34. The Labute approximate surface area is 249 Å². The van der Waals surface area contributed by atoms with Gasteiger partial charge in [-0.2, -0.15) is 26.3 Å². The fourth-order valence-electron chi connectivity index (χ4n) is 5.06. The third kappa shape index (κ3) is 9.02. The van der Waals surface area contributed by atoms with Crippen molar-refractivity contribution >= 4 is 34.9 Å². The summed E-state index contributed by atoms with van der Waals surface area (Å²) in [7, 11) is 0. The van der Waals surface area contributed by atoms with E-state index in [9.17, 15) is 31.1 Å². The van der Waals surface area contributed by atoms with E-state index in [4.69, 9.17) is 23.2 Å². The number of benzene rings is 3. The average Bonchev–Trinajstić information content (AvgIpc) is 3.42. The maximum Gasteiger partial charge on any atom is 0.416 e. The minimum Gasteiger partial charge on any atom is -0.337 e. The molecule has 3 aromatic rings. The lowest BCUT2D eigenvalue weighted by Gasteiger charge is -2.21. The van der Waals surface area contributed by atoms with Crippen LogP contribution in [0.1, 0.15) is 54.7 Å². The van der Waals surface area contributed by atoms with Crippen LogP contribution in [0.4, 0.5) is 36.8 Å². The van der Waals surface area contributed by atoms with Crippen molar-refractivity contribution in [2.24, 2.45) is 0 Å². The van der Waals surface area contributed by atoms with Crippen molar-refractivity contribution in [1.82, 2.24) is 10.6 Å². The van der Waals surface area contributed by atoms with E-state index in [0.29, 0.717) is 46.9 Å². The van der Waals surface area contributed by atoms with Crippen molar-refractivity contribution in [3.8, 4) is 11.1 Å². The minimum absolute atomic E-state index is 0.110. The molecule has 1 aliphatic carbocycles. The number of amides is 2. The molecule has 226 valence electrons. The number of nitrogens with one attached hydrogen (secondary N) is 3. The predicted octanol–water partition coefficient (Wildman–Crippen LogP) is 9.53. The second-order valence-corrected chi connectivity index (χ2v) is 11.2. The van der Waals surface area contributed by atoms with E-state index in [1.807, 2.05) is 0 Å². The van der Waals surface area contributed by atoms with Crippen LogP contribution in [0.2, 0.25) is 10.0 Å². The zero-order chi connectivity index (χ0) is 30.5. The van der Waals surface area contributed by atoms with Crippen LogP contribution in [-0.2, 0) is 12.4 Å². The van der Waals surface area contributed by atoms with Crippen LogP contribution in [0.3, 0.4) is 0 Å². The standard InChI is InChI=1S/C30H29Cl2F6N3O/c31-24-14-25(32)16-27(15-24)41-28(42)40-17-20(9-10-39-26-3-1-2-4-26)18-5-7-19(8-6-18)21-11-22(29(33,34)35)13-23(12-21)30(36,37)38/h5-8,11-16,20,26,39H,1-4,9-10,17H2,(H2,40,41,42). The number of hydrogen-bond donors (Lipinski definition) is 3. The molecule has 1 unspecified atom stereocenters. The lowest BCUT2D eigenvalue weighted by atomic mass is 9.92. The van der Waals surface area contributed by atoms with Crippen molar-refractivity contribution in [3.63, 3.8) is 0 Å². The number of anilines is 1. The van der Waals surface area contributed by atoms with Gasteiger partial charge < -0.3 is 16.0 Å². The Balaban J connectivity index is 1.51. The molecule has 12 heteroatoms. The number of hydrogen-bond acceptors (Lipinski definition) is 2. The molecular weight excluding hydrogens is 603 g/mol. The average molecular weight is 632 g/mol. The van der Waals surface area contributed by atoms with Gasteiger partial charge in [-0.1, -0.05) is 60.3 Å². The molecule has 42 heavy (non-hydrogen) atoms. The number of carbonyl (C=O) groups is 1. The highest BCUT2D eigenvalue weighted by molar-refractivity contribution is 6.35. The summed E-state index contributed by atoms with van der Waals surface area (Å²) in [5.74, 6) is -0.186. The molecule has 0 spiro atoms. The number of alkyl halides is 6. The van der Waals surface area contributed by atoms with Crippen molar-refractivity contribution in [2.75, 3.05) is 18.4 Å². The molecule has 0 saturated heterocycles. The second kappa shape index (κ2) is 13.6. The van der Waals surface area contributed by atoms with E-state index in [-0.39, 0.29) is 29.7 Å². The Morgan fingerprint density at radius 1 is 0.810 bits per heavy atom. The molecule has 2 amide bonds. The van der Waals surface area contributed by atoms with Crippen LogP contribution >= 0.6 is 23.2 Å². The molecule has 4 rings (SSSR count).